The van der Waals surface area contributed by atoms with Gasteiger partial charge in [0, 0.05) is 24.8 Å². The summed E-state index contributed by atoms with van der Waals surface area (Å²) in [7, 11) is 0. The second-order valence-electron chi connectivity index (χ2n) is 6.18. The monoisotopic (exact) mass is 262 g/mol. The predicted molar refractivity (Wildman–Crippen MR) is 78.1 cm³/mol. The van der Waals surface area contributed by atoms with Crippen molar-refractivity contribution in [1.29, 1.82) is 0 Å². The van der Waals surface area contributed by atoms with E-state index in [1.165, 1.54) is 25.7 Å². The molecule has 0 radical (unpaired) electrons. The second-order valence-corrected chi connectivity index (χ2v) is 6.18. The molecule has 1 aromatic rings. The Morgan fingerprint density at radius 1 is 1.32 bits per heavy atom. The van der Waals surface area contributed by atoms with Crippen LogP contribution in [0.4, 0.5) is 0 Å². The van der Waals surface area contributed by atoms with Crippen molar-refractivity contribution in [2.24, 2.45) is 5.92 Å². The maximum absolute atomic E-state index is 9.97. The fraction of sp³-hybridized carbons (Fsp3) is 0.688. The molecule has 19 heavy (non-hydrogen) atoms. The number of aromatic hydroxyl groups is 1. The first-order valence-electron chi connectivity index (χ1n) is 7.46. The molecule has 0 atom stereocenters. The lowest BCUT2D eigenvalue weighted by Gasteiger charge is -2.30. The molecular formula is C16H26N2O. The SMILES string of the molecule is Cc1ccc(O)c(CN(CC(C)C)C2CCCC2)n1. The maximum Gasteiger partial charge on any atom is 0.138 e. The molecule has 1 N–H and O–H groups in total. The number of aryl methyl sites for hydroxylation is 1. The lowest BCUT2D eigenvalue weighted by molar-refractivity contribution is 0.165. The van der Waals surface area contributed by atoms with Crippen LogP contribution in [0, 0.1) is 12.8 Å². The van der Waals surface area contributed by atoms with E-state index in [4.69, 9.17) is 0 Å². The van der Waals surface area contributed by atoms with Crippen LogP contribution >= 0.6 is 0 Å². The van der Waals surface area contributed by atoms with Crippen LogP contribution < -0.4 is 0 Å². The molecule has 1 heterocycles. The van der Waals surface area contributed by atoms with E-state index in [0.29, 0.717) is 17.7 Å². The fourth-order valence-corrected chi connectivity index (χ4v) is 2.99. The van der Waals surface area contributed by atoms with E-state index in [1.807, 2.05) is 13.0 Å². The number of nitrogens with zero attached hydrogens (tertiary/aromatic N) is 2. The highest BCUT2D eigenvalue weighted by Gasteiger charge is 2.24. The van der Waals surface area contributed by atoms with Crippen LogP contribution in [-0.2, 0) is 6.54 Å². The molecule has 0 amide bonds. The van der Waals surface area contributed by atoms with Crippen LogP contribution in [0.1, 0.15) is 50.9 Å². The first kappa shape index (κ1) is 14.3. The Labute approximate surface area is 116 Å². The topological polar surface area (TPSA) is 36.4 Å². The standard InChI is InChI=1S/C16H26N2O/c1-12(2)10-18(14-6-4-5-7-14)11-15-16(19)9-8-13(3)17-15/h8-9,12,14,19H,4-7,10-11H2,1-3H3. The third-order valence-electron chi connectivity index (χ3n) is 3.88. The van der Waals surface area contributed by atoms with Gasteiger partial charge in [-0.25, -0.2) is 0 Å². The van der Waals surface area contributed by atoms with Crippen molar-refractivity contribution < 1.29 is 5.11 Å². The van der Waals surface area contributed by atoms with Gasteiger partial charge in [0.2, 0.25) is 0 Å². The van der Waals surface area contributed by atoms with E-state index in [1.54, 1.807) is 6.07 Å². The van der Waals surface area contributed by atoms with E-state index in [2.05, 4.69) is 23.7 Å². The molecule has 0 aliphatic heterocycles. The molecule has 1 saturated carbocycles. The summed E-state index contributed by atoms with van der Waals surface area (Å²) < 4.78 is 0. The summed E-state index contributed by atoms with van der Waals surface area (Å²) in [6.07, 6.45) is 5.26. The Kier molecular flexibility index (Phi) is 4.81. The van der Waals surface area contributed by atoms with Gasteiger partial charge in [-0.15, -0.1) is 0 Å². The van der Waals surface area contributed by atoms with Gasteiger partial charge in [0.1, 0.15) is 5.75 Å². The Balaban J connectivity index is 2.12. The predicted octanol–water partition coefficient (Wildman–Crippen LogP) is 3.50. The molecule has 1 aliphatic rings. The van der Waals surface area contributed by atoms with E-state index >= 15 is 0 Å². The van der Waals surface area contributed by atoms with Gasteiger partial charge >= 0.3 is 0 Å². The number of hydrogen-bond acceptors (Lipinski definition) is 3. The molecule has 1 aliphatic carbocycles. The molecule has 0 aromatic carbocycles. The molecule has 0 saturated heterocycles. The van der Waals surface area contributed by atoms with Gasteiger partial charge in [-0.2, -0.15) is 0 Å². The molecule has 2 rings (SSSR count). The second kappa shape index (κ2) is 6.38. The average Bonchev–Trinajstić information content (AvgIpc) is 2.86. The first-order valence-corrected chi connectivity index (χ1v) is 7.46. The van der Waals surface area contributed by atoms with E-state index < -0.39 is 0 Å². The van der Waals surface area contributed by atoms with E-state index in [0.717, 1.165) is 24.5 Å². The van der Waals surface area contributed by atoms with Crippen molar-refractivity contribution in [3.8, 4) is 5.75 Å². The molecule has 1 fully saturated rings. The third-order valence-corrected chi connectivity index (χ3v) is 3.88. The van der Waals surface area contributed by atoms with E-state index in [9.17, 15) is 5.11 Å². The highest BCUT2D eigenvalue weighted by Crippen LogP contribution is 2.27. The lowest BCUT2D eigenvalue weighted by Crippen LogP contribution is -2.36. The van der Waals surface area contributed by atoms with Crippen molar-refractivity contribution in [2.75, 3.05) is 6.54 Å². The van der Waals surface area contributed by atoms with Crippen molar-refractivity contribution in [1.82, 2.24) is 9.88 Å². The average molecular weight is 262 g/mol. The first-order chi connectivity index (χ1) is 9.06. The Bertz CT molecular complexity index is 411. The normalized spacial score (nSPS) is 16.7. The zero-order chi connectivity index (χ0) is 13.8. The van der Waals surface area contributed by atoms with Crippen LogP contribution in [0.15, 0.2) is 12.1 Å². The van der Waals surface area contributed by atoms with Crippen LogP contribution in [0.3, 0.4) is 0 Å². The zero-order valence-corrected chi connectivity index (χ0v) is 12.4. The van der Waals surface area contributed by atoms with Crippen molar-refractivity contribution in [2.45, 2.75) is 59.0 Å². The number of aromatic nitrogens is 1. The van der Waals surface area contributed by atoms with Gasteiger partial charge in [-0.05, 0) is 37.8 Å². The molecule has 3 heteroatoms. The van der Waals surface area contributed by atoms with Crippen molar-refractivity contribution in [3.05, 3.63) is 23.5 Å². The minimum absolute atomic E-state index is 0.331. The van der Waals surface area contributed by atoms with Gasteiger partial charge < -0.3 is 5.11 Å². The zero-order valence-electron chi connectivity index (χ0n) is 12.4. The van der Waals surface area contributed by atoms with Crippen molar-refractivity contribution >= 4 is 0 Å². The molecule has 3 nitrogen and oxygen atoms in total. The summed E-state index contributed by atoms with van der Waals surface area (Å²) in [5.74, 6) is 0.977. The summed E-state index contributed by atoms with van der Waals surface area (Å²) >= 11 is 0. The van der Waals surface area contributed by atoms with Crippen LogP contribution in [0.25, 0.3) is 0 Å². The largest absolute Gasteiger partial charge is 0.506 e. The molecule has 106 valence electrons. The molecular weight excluding hydrogens is 236 g/mol. The van der Waals surface area contributed by atoms with Crippen molar-refractivity contribution in [3.63, 3.8) is 0 Å². The summed E-state index contributed by atoms with van der Waals surface area (Å²) in [5.41, 5.74) is 1.80. The highest BCUT2D eigenvalue weighted by molar-refractivity contribution is 5.27. The molecule has 0 spiro atoms. The van der Waals surface area contributed by atoms with Gasteiger partial charge in [0.25, 0.3) is 0 Å². The van der Waals surface area contributed by atoms with Gasteiger partial charge in [-0.1, -0.05) is 26.7 Å². The van der Waals surface area contributed by atoms with Gasteiger partial charge in [-0.3, -0.25) is 9.88 Å². The Morgan fingerprint density at radius 3 is 2.63 bits per heavy atom. The van der Waals surface area contributed by atoms with Crippen LogP contribution in [0.5, 0.6) is 5.75 Å². The lowest BCUT2D eigenvalue weighted by atomic mass is 10.1. The summed E-state index contributed by atoms with van der Waals surface area (Å²) in [6, 6.07) is 4.30. The maximum atomic E-state index is 9.97. The summed E-state index contributed by atoms with van der Waals surface area (Å²) in [4.78, 5) is 7.01. The summed E-state index contributed by atoms with van der Waals surface area (Å²) in [6.45, 7) is 8.35. The third kappa shape index (κ3) is 3.93. The molecule has 0 unspecified atom stereocenters. The van der Waals surface area contributed by atoms with Gasteiger partial charge in [0.05, 0.1) is 5.69 Å². The number of pyridine rings is 1. The summed E-state index contributed by atoms with van der Waals surface area (Å²) in [5, 5.41) is 9.97. The minimum Gasteiger partial charge on any atom is -0.506 e. The Morgan fingerprint density at radius 2 is 2.00 bits per heavy atom. The number of rotatable bonds is 5. The van der Waals surface area contributed by atoms with E-state index in [-0.39, 0.29) is 0 Å². The molecule has 0 bridgehead atoms. The van der Waals surface area contributed by atoms with Crippen LogP contribution in [0.2, 0.25) is 0 Å². The highest BCUT2D eigenvalue weighted by atomic mass is 16.3. The fourth-order valence-electron chi connectivity index (χ4n) is 2.99. The van der Waals surface area contributed by atoms with Crippen LogP contribution in [-0.4, -0.2) is 27.6 Å². The minimum atomic E-state index is 0.331. The smallest absolute Gasteiger partial charge is 0.138 e. The Hall–Kier alpha value is -1.09. The molecule has 1 aromatic heterocycles. The van der Waals surface area contributed by atoms with Gasteiger partial charge in [0.15, 0.2) is 0 Å². The number of hydrogen-bond donors (Lipinski definition) is 1. The quantitative estimate of drug-likeness (QED) is 0.882.